The molecule has 0 spiro atoms. The van der Waals surface area contributed by atoms with Crippen LogP contribution in [-0.2, 0) is 9.53 Å². The summed E-state index contributed by atoms with van der Waals surface area (Å²) in [5.41, 5.74) is 0.968. The van der Waals surface area contributed by atoms with Gasteiger partial charge in [-0.1, -0.05) is 18.2 Å². The van der Waals surface area contributed by atoms with Crippen LogP contribution in [0.1, 0.15) is 45.0 Å². The fourth-order valence-corrected chi connectivity index (χ4v) is 3.11. The average molecular weight is 430 g/mol. The minimum atomic E-state index is -0.643. The standard InChI is InChI=1S/C24H31NO6/c1-6-28-20-14-18(15-21(29-7-2)23(20)30-8-3)24(27)31-16-22(26)25(17(4)5)19-12-10-9-11-13-19/h9-15,17H,6-8,16H2,1-5H3. The van der Waals surface area contributed by atoms with Crippen molar-refractivity contribution >= 4 is 17.6 Å². The van der Waals surface area contributed by atoms with E-state index in [2.05, 4.69) is 0 Å². The molecule has 168 valence electrons. The molecule has 0 bridgehead atoms. The Labute approximate surface area is 183 Å². The molecule has 2 rings (SSSR count). The highest BCUT2D eigenvalue weighted by molar-refractivity contribution is 5.97. The monoisotopic (exact) mass is 429 g/mol. The molecule has 0 atom stereocenters. The number of hydrogen-bond donors (Lipinski definition) is 0. The van der Waals surface area contributed by atoms with Crippen molar-refractivity contribution in [3.05, 3.63) is 48.0 Å². The van der Waals surface area contributed by atoms with E-state index in [0.29, 0.717) is 37.1 Å². The Morgan fingerprint density at radius 3 is 1.90 bits per heavy atom. The number of carbonyl (C=O) groups excluding carboxylic acids is 2. The van der Waals surface area contributed by atoms with Gasteiger partial charge in [0.15, 0.2) is 18.1 Å². The molecule has 0 saturated carbocycles. The van der Waals surface area contributed by atoms with E-state index < -0.39 is 5.97 Å². The fraction of sp³-hybridized carbons (Fsp3) is 0.417. The van der Waals surface area contributed by atoms with Gasteiger partial charge in [0.05, 0.1) is 25.4 Å². The molecule has 0 aliphatic carbocycles. The Bertz CT molecular complexity index is 839. The molecular weight excluding hydrogens is 398 g/mol. The summed E-state index contributed by atoms with van der Waals surface area (Å²) in [5.74, 6) is 0.267. The third kappa shape index (κ3) is 6.38. The lowest BCUT2D eigenvalue weighted by molar-refractivity contribution is -0.122. The quantitative estimate of drug-likeness (QED) is 0.490. The molecule has 0 fully saturated rings. The molecule has 7 heteroatoms. The molecule has 0 heterocycles. The van der Waals surface area contributed by atoms with Gasteiger partial charge in [0, 0.05) is 11.7 Å². The van der Waals surface area contributed by atoms with E-state index in [-0.39, 0.29) is 24.1 Å². The van der Waals surface area contributed by atoms with E-state index in [0.717, 1.165) is 5.69 Å². The van der Waals surface area contributed by atoms with Crippen molar-refractivity contribution in [2.24, 2.45) is 0 Å². The summed E-state index contributed by atoms with van der Waals surface area (Å²) in [5, 5.41) is 0. The second-order valence-corrected chi connectivity index (χ2v) is 6.87. The molecule has 0 aliphatic rings. The van der Waals surface area contributed by atoms with Gasteiger partial charge in [-0.2, -0.15) is 0 Å². The number of esters is 1. The van der Waals surface area contributed by atoms with Crippen LogP contribution in [0.25, 0.3) is 0 Å². The third-order valence-electron chi connectivity index (χ3n) is 4.29. The highest BCUT2D eigenvalue weighted by Gasteiger charge is 2.23. The van der Waals surface area contributed by atoms with Crippen LogP contribution in [0, 0.1) is 0 Å². The molecule has 0 saturated heterocycles. The maximum absolute atomic E-state index is 12.8. The van der Waals surface area contributed by atoms with E-state index in [4.69, 9.17) is 18.9 Å². The Morgan fingerprint density at radius 1 is 0.871 bits per heavy atom. The van der Waals surface area contributed by atoms with Crippen molar-refractivity contribution in [1.29, 1.82) is 0 Å². The maximum atomic E-state index is 12.8. The topological polar surface area (TPSA) is 74.3 Å². The van der Waals surface area contributed by atoms with Crippen molar-refractivity contribution in [3.63, 3.8) is 0 Å². The number of amides is 1. The van der Waals surface area contributed by atoms with Gasteiger partial charge >= 0.3 is 5.97 Å². The average Bonchev–Trinajstić information content (AvgIpc) is 2.75. The number of para-hydroxylation sites is 1. The van der Waals surface area contributed by atoms with E-state index in [1.165, 1.54) is 0 Å². The van der Waals surface area contributed by atoms with Crippen LogP contribution in [0.2, 0.25) is 0 Å². The normalized spacial score (nSPS) is 10.5. The van der Waals surface area contributed by atoms with Crippen molar-refractivity contribution in [1.82, 2.24) is 0 Å². The lowest BCUT2D eigenvalue weighted by Crippen LogP contribution is -2.39. The zero-order valence-electron chi connectivity index (χ0n) is 18.8. The SMILES string of the molecule is CCOc1cc(C(=O)OCC(=O)N(c2ccccc2)C(C)C)cc(OCC)c1OCC. The van der Waals surface area contributed by atoms with Gasteiger partial charge in [0.25, 0.3) is 5.91 Å². The number of ether oxygens (including phenoxy) is 4. The van der Waals surface area contributed by atoms with Crippen LogP contribution in [0.15, 0.2) is 42.5 Å². The lowest BCUT2D eigenvalue weighted by atomic mass is 10.2. The summed E-state index contributed by atoms with van der Waals surface area (Å²) < 4.78 is 22.2. The van der Waals surface area contributed by atoms with Crippen molar-refractivity contribution in [3.8, 4) is 17.2 Å². The van der Waals surface area contributed by atoms with Crippen LogP contribution in [0.5, 0.6) is 17.2 Å². The van der Waals surface area contributed by atoms with Crippen molar-refractivity contribution in [2.75, 3.05) is 31.3 Å². The molecule has 1 amide bonds. The van der Waals surface area contributed by atoms with Gasteiger partial charge in [0.2, 0.25) is 5.75 Å². The largest absolute Gasteiger partial charge is 0.490 e. The zero-order valence-corrected chi connectivity index (χ0v) is 18.8. The second kappa shape index (κ2) is 11.8. The third-order valence-corrected chi connectivity index (χ3v) is 4.29. The zero-order chi connectivity index (χ0) is 22.8. The molecule has 2 aromatic carbocycles. The molecule has 31 heavy (non-hydrogen) atoms. The Balaban J connectivity index is 2.21. The number of anilines is 1. The number of rotatable bonds is 11. The molecule has 0 aromatic heterocycles. The predicted octanol–water partition coefficient (Wildman–Crippen LogP) is 4.48. The molecule has 0 aliphatic heterocycles. The molecular formula is C24H31NO6. The summed E-state index contributed by atoms with van der Waals surface area (Å²) in [6, 6.07) is 12.3. The Hall–Kier alpha value is -3.22. The predicted molar refractivity (Wildman–Crippen MR) is 119 cm³/mol. The second-order valence-electron chi connectivity index (χ2n) is 6.87. The number of carbonyl (C=O) groups is 2. The van der Waals surface area contributed by atoms with Crippen LogP contribution in [0.3, 0.4) is 0 Å². The van der Waals surface area contributed by atoms with E-state index in [1.807, 2.05) is 65.0 Å². The number of benzene rings is 2. The smallest absolute Gasteiger partial charge is 0.338 e. The summed E-state index contributed by atoms with van der Waals surface area (Å²) in [6.07, 6.45) is 0. The summed E-state index contributed by atoms with van der Waals surface area (Å²) in [4.78, 5) is 27.1. The van der Waals surface area contributed by atoms with Crippen LogP contribution in [-0.4, -0.2) is 44.3 Å². The highest BCUT2D eigenvalue weighted by atomic mass is 16.5. The first-order valence-corrected chi connectivity index (χ1v) is 10.5. The van der Waals surface area contributed by atoms with Crippen molar-refractivity contribution in [2.45, 2.75) is 40.7 Å². The summed E-state index contributed by atoms with van der Waals surface area (Å²) in [6.45, 7) is 10.2. The summed E-state index contributed by atoms with van der Waals surface area (Å²) >= 11 is 0. The number of hydrogen-bond acceptors (Lipinski definition) is 6. The minimum Gasteiger partial charge on any atom is -0.490 e. The molecule has 0 radical (unpaired) electrons. The van der Waals surface area contributed by atoms with Gasteiger partial charge in [-0.3, -0.25) is 4.79 Å². The van der Waals surface area contributed by atoms with Crippen LogP contribution >= 0.6 is 0 Å². The highest BCUT2D eigenvalue weighted by Crippen LogP contribution is 2.39. The molecule has 0 N–H and O–H groups in total. The first-order chi connectivity index (χ1) is 14.9. The minimum absolute atomic E-state index is 0.0896. The first kappa shape index (κ1) is 24.1. The van der Waals surface area contributed by atoms with Crippen LogP contribution < -0.4 is 19.1 Å². The van der Waals surface area contributed by atoms with Gasteiger partial charge < -0.3 is 23.8 Å². The lowest BCUT2D eigenvalue weighted by Gasteiger charge is -2.26. The van der Waals surface area contributed by atoms with E-state index in [9.17, 15) is 9.59 Å². The molecule has 7 nitrogen and oxygen atoms in total. The van der Waals surface area contributed by atoms with Crippen molar-refractivity contribution < 1.29 is 28.5 Å². The Kier molecular flexibility index (Phi) is 9.18. The van der Waals surface area contributed by atoms with E-state index in [1.54, 1.807) is 17.0 Å². The van der Waals surface area contributed by atoms with Gasteiger partial charge in [0.1, 0.15) is 0 Å². The molecule has 0 unspecified atom stereocenters. The number of nitrogens with zero attached hydrogens (tertiary/aromatic N) is 1. The summed E-state index contributed by atoms with van der Waals surface area (Å²) in [7, 11) is 0. The molecule has 2 aromatic rings. The maximum Gasteiger partial charge on any atom is 0.338 e. The van der Waals surface area contributed by atoms with Crippen LogP contribution in [0.4, 0.5) is 5.69 Å². The van der Waals surface area contributed by atoms with Gasteiger partial charge in [-0.05, 0) is 58.9 Å². The Morgan fingerprint density at radius 2 is 1.42 bits per heavy atom. The fourth-order valence-electron chi connectivity index (χ4n) is 3.11. The van der Waals surface area contributed by atoms with E-state index >= 15 is 0 Å². The first-order valence-electron chi connectivity index (χ1n) is 10.5. The van der Waals surface area contributed by atoms with Gasteiger partial charge in [-0.15, -0.1) is 0 Å². The van der Waals surface area contributed by atoms with Gasteiger partial charge in [-0.25, -0.2) is 4.79 Å².